The molecule has 3 N–H and O–H groups in total. The quantitative estimate of drug-likeness (QED) is 0.370. The number of hydrogen-bond acceptors (Lipinski definition) is 5. The molecule has 0 aliphatic carbocycles. The molecular formula is C22H29N5O3. The lowest BCUT2D eigenvalue weighted by atomic mass is 10.1. The molecule has 0 bridgehead atoms. The van der Waals surface area contributed by atoms with Gasteiger partial charge in [-0.25, -0.2) is 4.98 Å². The maximum absolute atomic E-state index is 13.1. The Bertz CT molecular complexity index is 1180. The van der Waals surface area contributed by atoms with E-state index in [4.69, 9.17) is 5.41 Å². The Morgan fingerprint density at radius 1 is 1.23 bits per heavy atom. The summed E-state index contributed by atoms with van der Waals surface area (Å²) >= 11 is 0. The number of aromatic nitrogens is 3. The van der Waals surface area contributed by atoms with Crippen LogP contribution >= 0.6 is 0 Å². The first-order valence-corrected chi connectivity index (χ1v) is 10.5. The van der Waals surface area contributed by atoms with Crippen LogP contribution in [-0.2, 0) is 6.54 Å². The third-order valence-electron chi connectivity index (χ3n) is 5.27. The van der Waals surface area contributed by atoms with E-state index in [1.165, 1.54) is 21.5 Å². The standard InChI is InChI=1S/C22H29N5O3/c1-3-4-5-6-7-10-24-21(29)16-14-17-20(26(12-13-28)18(16)23)25-19-15(2)9-8-11-27(19)22(17)30/h8-9,11,14,23,28H,3-7,10,12-13H2,1-2H3,(H,24,29). The van der Waals surface area contributed by atoms with E-state index in [0.717, 1.165) is 31.2 Å². The molecule has 8 nitrogen and oxygen atoms in total. The van der Waals surface area contributed by atoms with E-state index in [2.05, 4.69) is 17.2 Å². The zero-order valence-electron chi connectivity index (χ0n) is 17.6. The largest absolute Gasteiger partial charge is 0.395 e. The number of fused-ring (bicyclic) bond motifs is 2. The highest BCUT2D eigenvalue weighted by Crippen LogP contribution is 2.12. The molecule has 3 aromatic heterocycles. The predicted molar refractivity (Wildman–Crippen MR) is 116 cm³/mol. The van der Waals surface area contributed by atoms with Crippen LogP contribution in [0.15, 0.2) is 29.2 Å². The van der Waals surface area contributed by atoms with Gasteiger partial charge in [-0.1, -0.05) is 38.7 Å². The van der Waals surface area contributed by atoms with Crippen molar-refractivity contribution in [2.45, 2.75) is 52.5 Å². The van der Waals surface area contributed by atoms with Crippen molar-refractivity contribution >= 4 is 22.6 Å². The minimum absolute atomic E-state index is 0.0649. The van der Waals surface area contributed by atoms with E-state index >= 15 is 0 Å². The van der Waals surface area contributed by atoms with Gasteiger partial charge in [-0.3, -0.25) is 19.4 Å². The smallest absolute Gasteiger partial charge is 0.267 e. The Morgan fingerprint density at radius 2 is 2.00 bits per heavy atom. The van der Waals surface area contributed by atoms with Gasteiger partial charge in [0.1, 0.15) is 16.8 Å². The molecule has 3 aromatic rings. The summed E-state index contributed by atoms with van der Waals surface area (Å²) in [6.45, 7) is 4.37. The van der Waals surface area contributed by atoms with Crippen LogP contribution in [0.5, 0.6) is 0 Å². The van der Waals surface area contributed by atoms with Gasteiger partial charge < -0.3 is 15.0 Å². The molecule has 0 aromatic carbocycles. The Hall–Kier alpha value is -3.00. The lowest BCUT2D eigenvalue weighted by Gasteiger charge is -2.14. The number of pyridine rings is 2. The van der Waals surface area contributed by atoms with Crippen molar-refractivity contribution in [3.8, 4) is 0 Å². The van der Waals surface area contributed by atoms with E-state index < -0.39 is 5.91 Å². The second-order valence-corrected chi connectivity index (χ2v) is 7.49. The van der Waals surface area contributed by atoms with Crippen molar-refractivity contribution in [2.24, 2.45) is 0 Å². The topological polar surface area (TPSA) is 112 Å². The maximum atomic E-state index is 13.1. The Balaban J connectivity index is 2.04. The van der Waals surface area contributed by atoms with Gasteiger partial charge >= 0.3 is 0 Å². The lowest BCUT2D eigenvalue weighted by Crippen LogP contribution is -2.35. The van der Waals surface area contributed by atoms with Crippen molar-refractivity contribution in [1.82, 2.24) is 19.3 Å². The van der Waals surface area contributed by atoms with Gasteiger partial charge in [-0.05, 0) is 31.0 Å². The molecule has 0 radical (unpaired) electrons. The minimum Gasteiger partial charge on any atom is -0.395 e. The zero-order chi connectivity index (χ0) is 21.7. The molecule has 0 aliphatic heterocycles. The van der Waals surface area contributed by atoms with Crippen molar-refractivity contribution in [3.63, 3.8) is 0 Å². The number of carbonyl (C=O) groups excluding carboxylic acids is 1. The fourth-order valence-electron chi connectivity index (χ4n) is 3.61. The average molecular weight is 412 g/mol. The van der Waals surface area contributed by atoms with E-state index in [0.29, 0.717) is 17.8 Å². The fourth-order valence-corrected chi connectivity index (χ4v) is 3.61. The monoisotopic (exact) mass is 411 g/mol. The molecule has 3 rings (SSSR count). The molecule has 3 heterocycles. The summed E-state index contributed by atoms with van der Waals surface area (Å²) in [6, 6.07) is 5.07. The molecular weight excluding hydrogens is 382 g/mol. The number of amides is 1. The molecule has 0 fully saturated rings. The van der Waals surface area contributed by atoms with Crippen molar-refractivity contribution in [2.75, 3.05) is 13.2 Å². The van der Waals surface area contributed by atoms with Crippen LogP contribution in [0, 0.1) is 12.3 Å². The number of aliphatic hydroxyl groups excluding tert-OH is 1. The molecule has 160 valence electrons. The SMILES string of the molecule is CCCCCCCNC(=O)c1cc2c(=O)n3cccc(C)c3nc2n(CCO)c1=N. The molecule has 30 heavy (non-hydrogen) atoms. The third-order valence-corrected chi connectivity index (χ3v) is 5.27. The van der Waals surface area contributed by atoms with E-state index in [1.54, 1.807) is 12.3 Å². The van der Waals surface area contributed by atoms with Crippen LogP contribution < -0.4 is 16.4 Å². The molecule has 0 aliphatic rings. The third kappa shape index (κ3) is 4.28. The second-order valence-electron chi connectivity index (χ2n) is 7.49. The van der Waals surface area contributed by atoms with Gasteiger partial charge in [0.2, 0.25) is 0 Å². The van der Waals surface area contributed by atoms with Crippen LogP contribution in [0.4, 0.5) is 0 Å². The second kappa shape index (κ2) is 9.67. The van der Waals surface area contributed by atoms with Crippen LogP contribution in [0.25, 0.3) is 16.7 Å². The highest BCUT2D eigenvalue weighted by molar-refractivity contribution is 5.96. The summed E-state index contributed by atoms with van der Waals surface area (Å²) < 4.78 is 2.87. The van der Waals surface area contributed by atoms with E-state index in [-0.39, 0.29) is 35.1 Å². The summed E-state index contributed by atoms with van der Waals surface area (Å²) in [5.41, 5.74) is 1.35. The van der Waals surface area contributed by atoms with Gasteiger partial charge in [0, 0.05) is 19.3 Å². The summed E-state index contributed by atoms with van der Waals surface area (Å²) in [7, 11) is 0. The summed E-state index contributed by atoms with van der Waals surface area (Å²) in [6.07, 6.45) is 7.03. The number of nitrogens with one attached hydrogen (secondary N) is 2. The summed E-state index contributed by atoms with van der Waals surface area (Å²) in [5.74, 6) is -0.391. The number of aliphatic hydroxyl groups is 1. The van der Waals surface area contributed by atoms with Crippen LogP contribution in [0.2, 0.25) is 0 Å². The Kier molecular flexibility index (Phi) is 6.99. The molecule has 8 heteroatoms. The number of carbonyl (C=O) groups is 1. The Morgan fingerprint density at radius 3 is 2.73 bits per heavy atom. The lowest BCUT2D eigenvalue weighted by molar-refractivity contribution is 0.0950. The highest BCUT2D eigenvalue weighted by atomic mass is 16.3. The number of unbranched alkanes of at least 4 members (excludes halogenated alkanes) is 4. The number of nitrogens with zero attached hydrogens (tertiary/aromatic N) is 3. The summed E-state index contributed by atoms with van der Waals surface area (Å²) in [4.78, 5) is 30.4. The number of aryl methyl sites for hydroxylation is 1. The highest BCUT2D eigenvalue weighted by Gasteiger charge is 2.17. The van der Waals surface area contributed by atoms with Crippen LogP contribution in [0.1, 0.15) is 54.9 Å². The van der Waals surface area contributed by atoms with Gasteiger partial charge in [-0.15, -0.1) is 0 Å². The number of rotatable bonds is 9. The molecule has 0 saturated carbocycles. The first kappa shape index (κ1) is 21.7. The van der Waals surface area contributed by atoms with Gasteiger partial charge in [0.05, 0.1) is 17.6 Å². The first-order chi connectivity index (χ1) is 14.5. The molecule has 0 atom stereocenters. The predicted octanol–water partition coefficient (Wildman–Crippen LogP) is 2.13. The van der Waals surface area contributed by atoms with Crippen molar-refractivity contribution in [1.29, 1.82) is 5.41 Å². The zero-order valence-corrected chi connectivity index (χ0v) is 17.6. The molecule has 0 unspecified atom stereocenters. The van der Waals surface area contributed by atoms with Gasteiger partial charge in [0.15, 0.2) is 0 Å². The van der Waals surface area contributed by atoms with Gasteiger partial charge in [0.25, 0.3) is 11.5 Å². The molecule has 0 saturated heterocycles. The number of hydrogen-bond donors (Lipinski definition) is 3. The maximum Gasteiger partial charge on any atom is 0.267 e. The molecule has 0 spiro atoms. The van der Waals surface area contributed by atoms with Crippen molar-refractivity contribution in [3.05, 3.63) is 51.4 Å². The minimum atomic E-state index is -0.391. The first-order valence-electron chi connectivity index (χ1n) is 10.5. The normalized spacial score (nSPS) is 11.3. The van der Waals surface area contributed by atoms with E-state index in [1.807, 2.05) is 13.0 Å². The van der Waals surface area contributed by atoms with E-state index in [9.17, 15) is 14.7 Å². The summed E-state index contributed by atoms with van der Waals surface area (Å²) in [5, 5.41) is 21.1. The van der Waals surface area contributed by atoms with Crippen LogP contribution in [-0.4, -0.2) is 38.1 Å². The van der Waals surface area contributed by atoms with Gasteiger partial charge in [-0.2, -0.15) is 0 Å². The fraction of sp³-hybridized carbons (Fsp3) is 0.455. The average Bonchev–Trinajstić information content (AvgIpc) is 2.73. The van der Waals surface area contributed by atoms with Crippen LogP contribution in [0.3, 0.4) is 0 Å². The molecule has 1 amide bonds. The Labute approximate surface area is 174 Å². The van der Waals surface area contributed by atoms with Crippen molar-refractivity contribution < 1.29 is 9.90 Å².